The first kappa shape index (κ1) is 15.3. The molecule has 2 atom stereocenters. The van der Waals surface area contributed by atoms with Gasteiger partial charge in [-0.05, 0) is 17.0 Å². The summed E-state index contributed by atoms with van der Waals surface area (Å²) in [5.74, 6) is -1.32. The zero-order chi connectivity index (χ0) is 15.6. The standard InChI is InChI=1S/C16H16N4S/c1-9(2)10-3-5-11(6-4-10)14-12(7-17)15(19)21-16(20)13(14)8-18/h3-6,9,12-14,19-20H,1-2H3. The van der Waals surface area contributed by atoms with Gasteiger partial charge in [0.05, 0.1) is 22.2 Å². The Balaban J connectivity index is 2.45. The lowest BCUT2D eigenvalue weighted by molar-refractivity contribution is 0.576. The van der Waals surface area contributed by atoms with Gasteiger partial charge in [0.25, 0.3) is 0 Å². The first-order valence-corrected chi connectivity index (χ1v) is 7.55. The number of nitriles is 2. The molecular formula is C16H16N4S. The molecule has 21 heavy (non-hydrogen) atoms. The number of nitrogens with one attached hydrogen (secondary N) is 2. The van der Waals surface area contributed by atoms with E-state index in [1.807, 2.05) is 24.3 Å². The number of benzene rings is 1. The van der Waals surface area contributed by atoms with Crippen LogP contribution in [0, 0.1) is 45.3 Å². The molecule has 4 nitrogen and oxygen atoms in total. The van der Waals surface area contributed by atoms with E-state index in [1.165, 1.54) is 5.56 Å². The Morgan fingerprint density at radius 3 is 1.86 bits per heavy atom. The molecule has 2 rings (SSSR count). The van der Waals surface area contributed by atoms with Gasteiger partial charge in [-0.3, -0.25) is 10.8 Å². The van der Waals surface area contributed by atoms with E-state index >= 15 is 0 Å². The number of rotatable bonds is 2. The lowest BCUT2D eigenvalue weighted by Crippen LogP contribution is -2.34. The molecule has 1 aromatic carbocycles. The van der Waals surface area contributed by atoms with E-state index in [4.69, 9.17) is 10.8 Å². The van der Waals surface area contributed by atoms with Crippen molar-refractivity contribution in [2.75, 3.05) is 0 Å². The third kappa shape index (κ3) is 2.84. The monoisotopic (exact) mass is 296 g/mol. The van der Waals surface area contributed by atoms with Gasteiger partial charge in [-0.1, -0.05) is 49.9 Å². The average molecular weight is 296 g/mol. The number of nitrogens with zero attached hydrogens (tertiary/aromatic N) is 2. The molecule has 0 aliphatic carbocycles. The molecule has 0 bridgehead atoms. The van der Waals surface area contributed by atoms with Gasteiger partial charge in [-0.2, -0.15) is 10.5 Å². The highest BCUT2D eigenvalue weighted by Crippen LogP contribution is 2.42. The molecular weight excluding hydrogens is 280 g/mol. The molecule has 1 aliphatic heterocycles. The van der Waals surface area contributed by atoms with E-state index in [0.717, 1.165) is 17.3 Å². The third-order valence-electron chi connectivity index (χ3n) is 3.77. The summed E-state index contributed by atoms with van der Waals surface area (Å²) >= 11 is 0.935. The second-order valence-electron chi connectivity index (χ2n) is 5.39. The quantitative estimate of drug-likeness (QED) is 0.867. The highest BCUT2D eigenvalue weighted by atomic mass is 32.2. The molecule has 0 saturated carbocycles. The van der Waals surface area contributed by atoms with Crippen LogP contribution in [0.2, 0.25) is 0 Å². The third-order valence-corrected chi connectivity index (χ3v) is 4.72. The van der Waals surface area contributed by atoms with Gasteiger partial charge < -0.3 is 0 Å². The second kappa shape index (κ2) is 6.11. The van der Waals surface area contributed by atoms with Gasteiger partial charge in [-0.25, -0.2) is 0 Å². The van der Waals surface area contributed by atoms with E-state index in [2.05, 4.69) is 26.0 Å². The molecule has 1 heterocycles. The molecule has 2 N–H and O–H groups in total. The molecule has 0 aromatic heterocycles. The van der Waals surface area contributed by atoms with Crippen LogP contribution in [-0.2, 0) is 0 Å². The van der Waals surface area contributed by atoms with Crippen molar-refractivity contribution in [3.8, 4) is 12.1 Å². The molecule has 2 unspecified atom stereocenters. The van der Waals surface area contributed by atoms with Crippen molar-refractivity contribution in [3.05, 3.63) is 35.4 Å². The highest BCUT2D eigenvalue weighted by Gasteiger charge is 2.42. The number of thioether (sulfide) groups is 1. The molecule has 1 aliphatic rings. The van der Waals surface area contributed by atoms with E-state index in [0.29, 0.717) is 5.92 Å². The molecule has 0 radical (unpaired) electrons. The minimum atomic E-state index is -0.654. The summed E-state index contributed by atoms with van der Waals surface area (Å²) in [6.07, 6.45) is 0. The zero-order valence-electron chi connectivity index (χ0n) is 11.9. The van der Waals surface area contributed by atoms with Crippen LogP contribution < -0.4 is 0 Å². The summed E-state index contributed by atoms with van der Waals surface area (Å²) < 4.78 is 0. The van der Waals surface area contributed by atoms with Crippen molar-refractivity contribution < 1.29 is 0 Å². The highest BCUT2D eigenvalue weighted by molar-refractivity contribution is 8.26. The van der Waals surface area contributed by atoms with Crippen LogP contribution in [0.3, 0.4) is 0 Å². The number of hydrogen-bond acceptors (Lipinski definition) is 5. The molecule has 106 valence electrons. The van der Waals surface area contributed by atoms with Crippen molar-refractivity contribution >= 4 is 21.8 Å². The molecule has 0 amide bonds. The largest absolute Gasteiger partial charge is 0.297 e. The van der Waals surface area contributed by atoms with E-state index < -0.39 is 17.8 Å². The first-order chi connectivity index (χ1) is 9.99. The molecule has 1 aromatic rings. The summed E-state index contributed by atoms with van der Waals surface area (Å²) in [6.45, 7) is 4.21. The van der Waals surface area contributed by atoms with Crippen LogP contribution >= 0.6 is 11.8 Å². The summed E-state index contributed by atoms with van der Waals surface area (Å²) in [5.41, 5.74) is 2.04. The number of hydrogen-bond donors (Lipinski definition) is 2. The van der Waals surface area contributed by atoms with Crippen molar-refractivity contribution in [2.45, 2.75) is 25.7 Å². The maximum atomic E-state index is 9.35. The smallest absolute Gasteiger partial charge is 0.103 e. The fourth-order valence-electron chi connectivity index (χ4n) is 2.53. The Morgan fingerprint density at radius 1 is 1.00 bits per heavy atom. The summed E-state index contributed by atoms with van der Waals surface area (Å²) in [7, 11) is 0. The molecule has 1 saturated heterocycles. The maximum absolute atomic E-state index is 9.35. The lowest BCUT2D eigenvalue weighted by Gasteiger charge is -2.31. The Bertz CT molecular complexity index is 616. The average Bonchev–Trinajstić information content (AvgIpc) is 2.46. The fraction of sp³-hybridized carbons (Fsp3) is 0.375. The van der Waals surface area contributed by atoms with Gasteiger partial charge in [0.1, 0.15) is 11.8 Å². The SMILES string of the molecule is CC(C)c1ccc(C2C(C#N)C(=N)SC(=N)C2C#N)cc1. The first-order valence-electron chi connectivity index (χ1n) is 6.73. The summed E-state index contributed by atoms with van der Waals surface area (Å²) in [5, 5.41) is 34.9. The predicted molar refractivity (Wildman–Crippen MR) is 84.5 cm³/mol. The topological polar surface area (TPSA) is 95.3 Å². The minimum Gasteiger partial charge on any atom is -0.297 e. The van der Waals surface area contributed by atoms with Crippen LogP contribution in [0.25, 0.3) is 0 Å². The van der Waals surface area contributed by atoms with Crippen LogP contribution in [0.1, 0.15) is 36.8 Å². The minimum absolute atomic E-state index is 0.159. The summed E-state index contributed by atoms with van der Waals surface area (Å²) in [6, 6.07) is 12.1. The van der Waals surface area contributed by atoms with E-state index in [9.17, 15) is 10.5 Å². The van der Waals surface area contributed by atoms with Crippen LogP contribution in [0.4, 0.5) is 0 Å². The summed E-state index contributed by atoms with van der Waals surface area (Å²) in [4.78, 5) is 0. The van der Waals surface area contributed by atoms with Crippen LogP contribution in [0.5, 0.6) is 0 Å². The predicted octanol–water partition coefficient (Wildman–Crippen LogP) is 3.87. The van der Waals surface area contributed by atoms with Gasteiger partial charge in [0.15, 0.2) is 0 Å². The van der Waals surface area contributed by atoms with E-state index in [1.54, 1.807) is 0 Å². The Hall–Kier alpha value is -2.11. The maximum Gasteiger partial charge on any atom is 0.103 e. The van der Waals surface area contributed by atoms with Gasteiger partial charge in [0.2, 0.25) is 0 Å². The lowest BCUT2D eigenvalue weighted by atomic mass is 9.77. The Kier molecular flexibility index (Phi) is 4.45. The molecule has 1 fully saturated rings. The normalized spacial score (nSPS) is 25.5. The zero-order valence-corrected chi connectivity index (χ0v) is 12.7. The van der Waals surface area contributed by atoms with E-state index in [-0.39, 0.29) is 10.1 Å². The van der Waals surface area contributed by atoms with Crippen molar-refractivity contribution in [2.24, 2.45) is 11.8 Å². The molecule has 0 spiro atoms. The Labute approximate surface area is 128 Å². The molecule has 5 heteroatoms. The van der Waals surface area contributed by atoms with Crippen LogP contribution in [0.15, 0.2) is 24.3 Å². The van der Waals surface area contributed by atoms with Crippen molar-refractivity contribution in [1.82, 2.24) is 0 Å². The fourth-order valence-corrected chi connectivity index (χ4v) is 3.42. The van der Waals surface area contributed by atoms with Crippen LogP contribution in [-0.4, -0.2) is 10.1 Å². The van der Waals surface area contributed by atoms with Crippen molar-refractivity contribution in [1.29, 1.82) is 21.3 Å². The van der Waals surface area contributed by atoms with Gasteiger partial charge in [0, 0.05) is 5.92 Å². The van der Waals surface area contributed by atoms with Gasteiger partial charge >= 0.3 is 0 Å². The second-order valence-corrected chi connectivity index (χ2v) is 6.48. The Morgan fingerprint density at radius 2 is 1.48 bits per heavy atom. The van der Waals surface area contributed by atoms with Crippen molar-refractivity contribution in [3.63, 3.8) is 0 Å². The van der Waals surface area contributed by atoms with Gasteiger partial charge in [-0.15, -0.1) is 0 Å².